The highest BCUT2D eigenvalue weighted by molar-refractivity contribution is 6.05. The van der Waals surface area contributed by atoms with Gasteiger partial charge in [0.15, 0.2) is 0 Å². The molecule has 0 aliphatic carbocycles. The predicted molar refractivity (Wildman–Crippen MR) is 103 cm³/mol. The number of carbonyl (C=O) groups excluding carboxylic acids is 2. The van der Waals surface area contributed by atoms with E-state index in [1.54, 1.807) is 41.2 Å². The number of methoxy groups -OCH3 is 1. The molecule has 2 aromatic rings. The highest BCUT2D eigenvalue weighted by atomic mass is 16.6. The van der Waals surface area contributed by atoms with Crippen molar-refractivity contribution in [3.63, 3.8) is 0 Å². The number of benzene rings is 2. The summed E-state index contributed by atoms with van der Waals surface area (Å²) in [6.45, 7) is 0.781. The average Bonchev–Trinajstić information content (AvgIpc) is 3.30. The predicted octanol–water partition coefficient (Wildman–Crippen LogP) is 2.55. The number of hydrogen-bond donors (Lipinski definition) is 0. The number of ether oxygens (including phenoxy) is 1. The molecule has 1 fully saturated rings. The molecule has 1 unspecified atom stereocenters. The molecule has 1 atom stereocenters. The molecule has 0 bridgehead atoms. The van der Waals surface area contributed by atoms with Crippen molar-refractivity contribution in [1.29, 1.82) is 0 Å². The second-order valence-corrected chi connectivity index (χ2v) is 6.92. The summed E-state index contributed by atoms with van der Waals surface area (Å²) in [6.07, 6.45) is 0.720. The number of amides is 2. The van der Waals surface area contributed by atoms with E-state index in [1.165, 1.54) is 12.1 Å². The fraction of sp³-hybridized carbons (Fsp3) is 0.300. The lowest BCUT2D eigenvalue weighted by molar-refractivity contribution is -0.384. The molecular weight excluding hydrogens is 362 g/mol. The summed E-state index contributed by atoms with van der Waals surface area (Å²) in [4.78, 5) is 39.3. The van der Waals surface area contributed by atoms with Gasteiger partial charge in [0.1, 0.15) is 5.75 Å². The largest absolute Gasteiger partial charge is 0.497 e. The van der Waals surface area contributed by atoms with Crippen molar-refractivity contribution < 1.29 is 19.2 Å². The van der Waals surface area contributed by atoms with E-state index in [-0.39, 0.29) is 23.9 Å². The van der Waals surface area contributed by atoms with E-state index >= 15 is 0 Å². The topological polar surface area (TPSA) is 93.0 Å². The van der Waals surface area contributed by atoms with E-state index < -0.39 is 10.8 Å². The molecule has 2 heterocycles. The van der Waals surface area contributed by atoms with Crippen molar-refractivity contribution in [1.82, 2.24) is 0 Å². The zero-order valence-electron chi connectivity index (χ0n) is 15.3. The Kier molecular flexibility index (Phi) is 4.46. The molecule has 2 amide bonds. The molecule has 1 saturated heterocycles. The number of hydrogen-bond acceptors (Lipinski definition) is 5. The Labute approximate surface area is 161 Å². The van der Waals surface area contributed by atoms with E-state index in [1.807, 2.05) is 6.07 Å². The van der Waals surface area contributed by atoms with Crippen molar-refractivity contribution in [2.24, 2.45) is 5.92 Å². The summed E-state index contributed by atoms with van der Waals surface area (Å²) in [5, 5.41) is 11.0. The Hall–Kier alpha value is -3.42. The third-order valence-corrected chi connectivity index (χ3v) is 5.27. The van der Waals surface area contributed by atoms with Gasteiger partial charge in [-0.3, -0.25) is 19.7 Å². The SMILES string of the molecule is COc1cccc(N2CC(C(=O)N3CCc4cc([N+](=O)[O-])ccc43)CC2=O)c1. The van der Waals surface area contributed by atoms with Gasteiger partial charge in [0.05, 0.1) is 18.0 Å². The molecule has 0 N–H and O–H groups in total. The Bertz CT molecular complexity index is 974. The number of fused-ring (bicyclic) bond motifs is 1. The maximum absolute atomic E-state index is 13.1. The monoisotopic (exact) mass is 381 g/mol. The van der Waals surface area contributed by atoms with Gasteiger partial charge in [-0.05, 0) is 30.2 Å². The molecule has 0 radical (unpaired) electrons. The van der Waals surface area contributed by atoms with Crippen LogP contribution < -0.4 is 14.5 Å². The number of non-ortho nitro benzene ring substituents is 1. The van der Waals surface area contributed by atoms with Gasteiger partial charge >= 0.3 is 0 Å². The number of anilines is 2. The summed E-state index contributed by atoms with van der Waals surface area (Å²) in [5.41, 5.74) is 2.21. The van der Waals surface area contributed by atoms with Crippen molar-refractivity contribution in [3.05, 3.63) is 58.1 Å². The maximum atomic E-state index is 13.1. The average molecular weight is 381 g/mol. The smallest absolute Gasteiger partial charge is 0.269 e. The first-order valence-electron chi connectivity index (χ1n) is 9.01. The number of carbonyl (C=O) groups is 2. The van der Waals surface area contributed by atoms with Crippen LogP contribution in [0.5, 0.6) is 5.75 Å². The molecule has 0 saturated carbocycles. The Morgan fingerprint density at radius 2 is 2.07 bits per heavy atom. The first-order chi connectivity index (χ1) is 13.5. The molecule has 0 spiro atoms. The lowest BCUT2D eigenvalue weighted by Crippen LogP contribution is -2.36. The summed E-state index contributed by atoms with van der Waals surface area (Å²) in [6, 6.07) is 11.7. The second-order valence-electron chi connectivity index (χ2n) is 6.92. The molecule has 2 aromatic carbocycles. The van der Waals surface area contributed by atoms with Crippen molar-refractivity contribution in [2.45, 2.75) is 12.8 Å². The summed E-state index contributed by atoms with van der Waals surface area (Å²) in [5.74, 6) is -0.0175. The van der Waals surface area contributed by atoms with Gasteiger partial charge in [0, 0.05) is 49.1 Å². The van der Waals surface area contributed by atoms with Crippen LogP contribution in [0.15, 0.2) is 42.5 Å². The lowest BCUT2D eigenvalue weighted by atomic mass is 10.1. The highest BCUT2D eigenvalue weighted by Gasteiger charge is 2.39. The molecule has 4 rings (SSSR count). The van der Waals surface area contributed by atoms with Crippen LogP contribution in [0.1, 0.15) is 12.0 Å². The molecule has 8 heteroatoms. The third kappa shape index (κ3) is 3.06. The van der Waals surface area contributed by atoms with Gasteiger partial charge in [-0.2, -0.15) is 0 Å². The van der Waals surface area contributed by atoms with Crippen LogP contribution in [-0.4, -0.2) is 36.9 Å². The van der Waals surface area contributed by atoms with E-state index in [4.69, 9.17) is 4.74 Å². The summed E-state index contributed by atoms with van der Waals surface area (Å²) in [7, 11) is 1.56. The van der Waals surface area contributed by atoms with Gasteiger partial charge < -0.3 is 14.5 Å². The fourth-order valence-corrected chi connectivity index (χ4v) is 3.85. The van der Waals surface area contributed by atoms with Gasteiger partial charge in [-0.15, -0.1) is 0 Å². The van der Waals surface area contributed by atoms with E-state index in [2.05, 4.69) is 0 Å². The second kappa shape index (κ2) is 6.95. The third-order valence-electron chi connectivity index (χ3n) is 5.27. The first-order valence-corrected chi connectivity index (χ1v) is 9.01. The lowest BCUT2D eigenvalue weighted by Gasteiger charge is -2.22. The van der Waals surface area contributed by atoms with Crippen molar-refractivity contribution in [3.8, 4) is 5.75 Å². The van der Waals surface area contributed by atoms with Crippen LogP contribution >= 0.6 is 0 Å². The zero-order valence-corrected chi connectivity index (χ0v) is 15.3. The molecule has 0 aromatic heterocycles. The van der Waals surface area contributed by atoms with Crippen LogP contribution in [0.2, 0.25) is 0 Å². The quantitative estimate of drug-likeness (QED) is 0.599. The highest BCUT2D eigenvalue weighted by Crippen LogP contribution is 2.35. The van der Waals surface area contributed by atoms with Crippen molar-refractivity contribution >= 4 is 28.9 Å². The summed E-state index contributed by atoms with van der Waals surface area (Å²) >= 11 is 0. The first kappa shape index (κ1) is 18.0. The maximum Gasteiger partial charge on any atom is 0.269 e. The van der Waals surface area contributed by atoms with E-state index in [0.29, 0.717) is 36.6 Å². The minimum atomic E-state index is -0.445. The fourth-order valence-electron chi connectivity index (χ4n) is 3.85. The number of rotatable bonds is 4. The summed E-state index contributed by atoms with van der Waals surface area (Å²) < 4.78 is 5.21. The number of nitrogens with zero attached hydrogens (tertiary/aromatic N) is 3. The van der Waals surface area contributed by atoms with Crippen LogP contribution in [0.3, 0.4) is 0 Å². The molecule has 28 heavy (non-hydrogen) atoms. The van der Waals surface area contributed by atoms with E-state index in [9.17, 15) is 19.7 Å². The zero-order chi connectivity index (χ0) is 19.8. The minimum Gasteiger partial charge on any atom is -0.497 e. The van der Waals surface area contributed by atoms with Crippen LogP contribution in [0.25, 0.3) is 0 Å². The van der Waals surface area contributed by atoms with Crippen LogP contribution in [-0.2, 0) is 16.0 Å². The minimum absolute atomic E-state index is 0.0216. The Balaban J connectivity index is 1.53. The van der Waals surface area contributed by atoms with Crippen LogP contribution in [0.4, 0.5) is 17.1 Å². The van der Waals surface area contributed by atoms with Gasteiger partial charge in [0.25, 0.3) is 5.69 Å². The normalized spacial score (nSPS) is 18.3. The van der Waals surface area contributed by atoms with Crippen LogP contribution in [0, 0.1) is 16.0 Å². The molecular formula is C20H19N3O5. The van der Waals surface area contributed by atoms with Gasteiger partial charge in [0.2, 0.25) is 11.8 Å². The van der Waals surface area contributed by atoms with Gasteiger partial charge in [-0.1, -0.05) is 6.07 Å². The molecule has 2 aliphatic heterocycles. The standard InChI is InChI=1S/C20H19N3O5/c1-28-17-4-2-3-15(11-17)22-12-14(10-19(22)24)20(25)21-8-7-13-9-16(23(26)27)5-6-18(13)21/h2-6,9,11,14H,7-8,10,12H2,1H3. The number of nitro benzene ring substituents is 1. The van der Waals surface area contributed by atoms with Crippen molar-refractivity contribution in [2.75, 3.05) is 30.0 Å². The molecule has 8 nitrogen and oxygen atoms in total. The number of nitro groups is 1. The van der Waals surface area contributed by atoms with Gasteiger partial charge in [-0.25, -0.2) is 0 Å². The van der Waals surface area contributed by atoms with E-state index in [0.717, 1.165) is 5.56 Å². The Morgan fingerprint density at radius 3 is 2.82 bits per heavy atom. The Morgan fingerprint density at radius 1 is 1.25 bits per heavy atom. The molecule has 2 aliphatic rings. The molecule has 144 valence electrons.